The van der Waals surface area contributed by atoms with Crippen LogP contribution in [-0.4, -0.2) is 46.9 Å². The molecule has 1 amide bonds. The molecule has 1 saturated heterocycles. The summed E-state index contributed by atoms with van der Waals surface area (Å²) in [6.07, 6.45) is 0.466. The average Bonchev–Trinajstić information content (AvgIpc) is 3.17. The molecule has 2 heterocycles. The van der Waals surface area contributed by atoms with Crippen molar-refractivity contribution in [2.75, 3.05) is 26.2 Å². The normalized spacial score (nSPS) is 14.9. The Hall–Kier alpha value is -2.50. The lowest BCUT2D eigenvalue weighted by atomic mass is 10.1. The van der Waals surface area contributed by atoms with Crippen molar-refractivity contribution in [3.63, 3.8) is 0 Å². The van der Waals surface area contributed by atoms with Crippen LogP contribution in [0.5, 0.6) is 0 Å². The molecule has 5 heteroatoms. The van der Waals surface area contributed by atoms with Gasteiger partial charge in [-0.1, -0.05) is 48.5 Å². The summed E-state index contributed by atoms with van der Waals surface area (Å²) in [6.45, 7) is 8.62. The van der Waals surface area contributed by atoms with Crippen molar-refractivity contribution in [3.05, 3.63) is 75.6 Å². The molecule has 0 bridgehead atoms. The maximum atomic E-state index is 12.7. The third-order valence-electron chi connectivity index (χ3n) is 5.60. The molecule has 0 aliphatic carbocycles. The zero-order valence-corrected chi connectivity index (χ0v) is 17.9. The standard InChI is InChI=1S/C24H27N3OS/c1-18-5-3-4-6-22(18)16-26-11-13-27(14-12-26)24(28)15-20-7-9-21(10-8-20)23-17-29-19(2)25-23/h3-10,17H,11-16H2,1-2H3. The van der Waals surface area contributed by atoms with E-state index < -0.39 is 0 Å². The molecule has 0 unspecified atom stereocenters. The SMILES string of the molecule is Cc1nc(-c2ccc(CC(=O)N3CCN(Cc4ccccc4C)CC3)cc2)cs1. The molecule has 3 aromatic rings. The second-order valence-electron chi connectivity index (χ2n) is 7.71. The Labute approximate surface area is 176 Å². The van der Waals surface area contributed by atoms with Crippen molar-refractivity contribution in [1.82, 2.24) is 14.8 Å². The minimum atomic E-state index is 0.220. The second kappa shape index (κ2) is 8.89. The number of hydrogen-bond donors (Lipinski definition) is 0. The monoisotopic (exact) mass is 405 g/mol. The fraction of sp³-hybridized carbons (Fsp3) is 0.333. The first kappa shape index (κ1) is 19.8. The van der Waals surface area contributed by atoms with Gasteiger partial charge in [0, 0.05) is 43.7 Å². The molecule has 4 nitrogen and oxygen atoms in total. The minimum Gasteiger partial charge on any atom is -0.340 e. The van der Waals surface area contributed by atoms with Crippen LogP contribution in [0.3, 0.4) is 0 Å². The Bertz CT molecular complexity index is 972. The van der Waals surface area contributed by atoms with Gasteiger partial charge in [-0.15, -0.1) is 11.3 Å². The van der Waals surface area contributed by atoms with E-state index in [0.29, 0.717) is 6.42 Å². The lowest BCUT2D eigenvalue weighted by Gasteiger charge is -2.35. The molecule has 0 saturated carbocycles. The van der Waals surface area contributed by atoms with Gasteiger partial charge >= 0.3 is 0 Å². The van der Waals surface area contributed by atoms with Crippen LogP contribution < -0.4 is 0 Å². The Morgan fingerprint density at radius 2 is 1.72 bits per heavy atom. The van der Waals surface area contributed by atoms with Crippen LogP contribution in [0.15, 0.2) is 53.9 Å². The second-order valence-corrected chi connectivity index (χ2v) is 8.77. The average molecular weight is 406 g/mol. The summed E-state index contributed by atoms with van der Waals surface area (Å²) >= 11 is 1.66. The maximum Gasteiger partial charge on any atom is 0.227 e. The van der Waals surface area contributed by atoms with Crippen LogP contribution >= 0.6 is 11.3 Å². The molecule has 2 aromatic carbocycles. The molecule has 1 aliphatic rings. The van der Waals surface area contributed by atoms with E-state index in [1.165, 1.54) is 11.1 Å². The van der Waals surface area contributed by atoms with Crippen LogP contribution in [0.25, 0.3) is 11.3 Å². The summed E-state index contributed by atoms with van der Waals surface area (Å²) < 4.78 is 0. The number of carbonyl (C=O) groups excluding carboxylic acids is 1. The van der Waals surface area contributed by atoms with Crippen molar-refractivity contribution in [2.45, 2.75) is 26.8 Å². The third kappa shape index (κ3) is 4.92. The molecule has 1 aliphatic heterocycles. The smallest absolute Gasteiger partial charge is 0.227 e. The highest BCUT2D eigenvalue weighted by atomic mass is 32.1. The fourth-order valence-corrected chi connectivity index (χ4v) is 4.38. The molecule has 0 spiro atoms. The van der Waals surface area contributed by atoms with Crippen molar-refractivity contribution in [3.8, 4) is 11.3 Å². The number of rotatable bonds is 5. The van der Waals surface area contributed by atoms with Gasteiger partial charge in [-0.05, 0) is 30.5 Å². The van der Waals surface area contributed by atoms with Crippen LogP contribution in [-0.2, 0) is 17.8 Å². The summed E-state index contributed by atoms with van der Waals surface area (Å²) in [5.74, 6) is 0.220. The number of hydrogen-bond acceptors (Lipinski definition) is 4. The Kier molecular flexibility index (Phi) is 6.07. The predicted octanol–water partition coefficient (Wildman–Crippen LogP) is 4.31. The summed E-state index contributed by atoms with van der Waals surface area (Å²) in [4.78, 5) is 21.7. The Morgan fingerprint density at radius 1 is 1.00 bits per heavy atom. The number of thiazole rings is 1. The molecule has 150 valence electrons. The molecule has 4 rings (SSSR count). The van der Waals surface area contributed by atoms with E-state index in [1.807, 2.05) is 11.8 Å². The number of carbonyl (C=O) groups is 1. The van der Waals surface area contributed by atoms with E-state index in [2.05, 4.69) is 70.7 Å². The maximum absolute atomic E-state index is 12.7. The number of amides is 1. The van der Waals surface area contributed by atoms with Crippen molar-refractivity contribution >= 4 is 17.2 Å². The number of aromatic nitrogens is 1. The van der Waals surface area contributed by atoms with Gasteiger partial charge in [0.1, 0.15) is 0 Å². The Balaban J connectivity index is 1.29. The number of benzene rings is 2. The van der Waals surface area contributed by atoms with Gasteiger partial charge in [-0.2, -0.15) is 0 Å². The summed E-state index contributed by atoms with van der Waals surface area (Å²) in [5.41, 5.74) is 5.89. The first-order valence-electron chi connectivity index (χ1n) is 10.1. The van der Waals surface area contributed by atoms with Gasteiger partial charge in [0.05, 0.1) is 17.1 Å². The first-order chi connectivity index (χ1) is 14.1. The van der Waals surface area contributed by atoms with Gasteiger partial charge < -0.3 is 4.90 Å². The first-order valence-corrected chi connectivity index (χ1v) is 11.0. The highest BCUT2D eigenvalue weighted by Crippen LogP contribution is 2.22. The van der Waals surface area contributed by atoms with E-state index >= 15 is 0 Å². The van der Waals surface area contributed by atoms with E-state index in [9.17, 15) is 4.79 Å². The van der Waals surface area contributed by atoms with Crippen LogP contribution in [0.1, 0.15) is 21.7 Å². The molecule has 1 fully saturated rings. The van der Waals surface area contributed by atoms with E-state index in [1.54, 1.807) is 11.3 Å². The van der Waals surface area contributed by atoms with Crippen LogP contribution in [0.2, 0.25) is 0 Å². The van der Waals surface area contributed by atoms with Crippen molar-refractivity contribution < 1.29 is 4.79 Å². The highest BCUT2D eigenvalue weighted by Gasteiger charge is 2.21. The zero-order valence-electron chi connectivity index (χ0n) is 17.1. The summed E-state index contributed by atoms with van der Waals surface area (Å²) in [5, 5.41) is 3.15. The van der Waals surface area contributed by atoms with Gasteiger partial charge in [0.25, 0.3) is 0 Å². The van der Waals surface area contributed by atoms with E-state index in [-0.39, 0.29) is 5.91 Å². The summed E-state index contributed by atoms with van der Waals surface area (Å²) in [6, 6.07) is 16.8. The third-order valence-corrected chi connectivity index (χ3v) is 6.38. The predicted molar refractivity (Wildman–Crippen MR) is 119 cm³/mol. The quantitative estimate of drug-likeness (QED) is 0.635. The minimum absolute atomic E-state index is 0.220. The van der Waals surface area contributed by atoms with E-state index in [0.717, 1.165) is 54.6 Å². The largest absolute Gasteiger partial charge is 0.340 e. The molecule has 0 radical (unpaired) electrons. The molecular formula is C24H27N3OS. The molecule has 29 heavy (non-hydrogen) atoms. The highest BCUT2D eigenvalue weighted by molar-refractivity contribution is 7.09. The number of piperazine rings is 1. The number of aryl methyl sites for hydroxylation is 2. The topological polar surface area (TPSA) is 36.4 Å². The lowest BCUT2D eigenvalue weighted by molar-refractivity contribution is -0.132. The lowest BCUT2D eigenvalue weighted by Crippen LogP contribution is -2.48. The van der Waals surface area contributed by atoms with Gasteiger partial charge in [0.15, 0.2) is 0 Å². The van der Waals surface area contributed by atoms with Gasteiger partial charge in [-0.3, -0.25) is 9.69 Å². The van der Waals surface area contributed by atoms with Gasteiger partial charge in [-0.25, -0.2) is 4.98 Å². The fourth-order valence-electron chi connectivity index (χ4n) is 3.76. The number of nitrogens with zero attached hydrogens (tertiary/aromatic N) is 3. The van der Waals surface area contributed by atoms with Gasteiger partial charge in [0.2, 0.25) is 5.91 Å². The molecular weight excluding hydrogens is 378 g/mol. The molecule has 0 N–H and O–H groups in total. The van der Waals surface area contributed by atoms with Crippen molar-refractivity contribution in [2.24, 2.45) is 0 Å². The molecule has 0 atom stereocenters. The van der Waals surface area contributed by atoms with Crippen LogP contribution in [0, 0.1) is 13.8 Å². The van der Waals surface area contributed by atoms with E-state index in [4.69, 9.17) is 0 Å². The Morgan fingerprint density at radius 3 is 2.38 bits per heavy atom. The summed E-state index contributed by atoms with van der Waals surface area (Å²) in [7, 11) is 0. The zero-order chi connectivity index (χ0) is 20.2. The van der Waals surface area contributed by atoms with Crippen molar-refractivity contribution in [1.29, 1.82) is 0 Å². The molecule has 1 aromatic heterocycles. The van der Waals surface area contributed by atoms with Crippen LogP contribution in [0.4, 0.5) is 0 Å².